The SMILES string of the molecule is CC[C@H]1O[C@@H](n2cnc3c(=O)[nH]c(N)nc32)C[C@H]1OP(O)(=S)OC. The Kier molecular flexibility index (Phi) is 4.73. The predicted molar refractivity (Wildman–Crippen MR) is 89.8 cm³/mol. The number of fused-ring (bicyclic) bond motifs is 1. The number of nitrogens with one attached hydrogen (secondary N) is 1. The average molecular weight is 375 g/mol. The van der Waals surface area contributed by atoms with E-state index < -0.39 is 24.6 Å². The number of anilines is 1. The van der Waals surface area contributed by atoms with Crippen LogP contribution in [0.2, 0.25) is 0 Å². The number of nitrogens with zero attached hydrogens (tertiary/aromatic N) is 3. The van der Waals surface area contributed by atoms with Crippen LogP contribution in [-0.2, 0) is 25.6 Å². The lowest BCUT2D eigenvalue weighted by molar-refractivity contribution is -0.0163. The Morgan fingerprint density at radius 1 is 1.67 bits per heavy atom. The van der Waals surface area contributed by atoms with Crippen LogP contribution >= 0.6 is 6.72 Å². The molecule has 1 unspecified atom stereocenters. The standard InChI is InChI=1S/C12H18N5O5PS/c1-3-6-7(22-23(19,24)20-2)4-8(21-6)17-5-14-9-10(17)15-12(13)16-11(9)18/h5-8H,3-4H2,1-2H3,(H,19,24)(H3,13,15,16,18)/t6-,7-,8-,23?/m1/s1. The Morgan fingerprint density at radius 2 is 2.42 bits per heavy atom. The summed E-state index contributed by atoms with van der Waals surface area (Å²) in [5.41, 5.74) is 5.69. The van der Waals surface area contributed by atoms with Gasteiger partial charge in [0.1, 0.15) is 6.23 Å². The number of rotatable bonds is 5. The molecule has 1 aliphatic rings. The van der Waals surface area contributed by atoms with E-state index in [0.29, 0.717) is 18.5 Å². The Hall–Kier alpha value is -1.36. The second kappa shape index (κ2) is 6.51. The summed E-state index contributed by atoms with van der Waals surface area (Å²) in [6, 6.07) is 0. The van der Waals surface area contributed by atoms with Gasteiger partial charge in [0.05, 0.1) is 18.5 Å². The minimum absolute atomic E-state index is 0.00247. The van der Waals surface area contributed by atoms with Gasteiger partial charge in [0.25, 0.3) is 5.56 Å². The average Bonchev–Trinajstić information content (AvgIpc) is 3.10. The smallest absolute Gasteiger partial charge is 0.324 e. The highest BCUT2D eigenvalue weighted by Crippen LogP contribution is 2.48. The lowest BCUT2D eigenvalue weighted by atomic mass is 10.1. The molecule has 4 atom stereocenters. The highest BCUT2D eigenvalue weighted by atomic mass is 32.5. The number of ether oxygens (including phenoxy) is 1. The Labute approximate surface area is 142 Å². The number of nitrogens with two attached hydrogens (primary N) is 1. The molecular weight excluding hydrogens is 357 g/mol. The Bertz CT molecular complexity index is 854. The predicted octanol–water partition coefficient (Wildman–Crippen LogP) is 0.648. The maximum atomic E-state index is 11.9. The van der Waals surface area contributed by atoms with E-state index in [2.05, 4.69) is 15.0 Å². The van der Waals surface area contributed by atoms with Crippen molar-refractivity contribution < 1.29 is 18.7 Å². The molecule has 24 heavy (non-hydrogen) atoms. The van der Waals surface area contributed by atoms with Crippen LogP contribution in [0.5, 0.6) is 0 Å². The number of hydrogen-bond donors (Lipinski definition) is 3. The van der Waals surface area contributed by atoms with Gasteiger partial charge in [-0.25, -0.2) is 4.98 Å². The van der Waals surface area contributed by atoms with Gasteiger partial charge in [-0.05, 0) is 18.2 Å². The van der Waals surface area contributed by atoms with Crippen molar-refractivity contribution >= 4 is 35.6 Å². The van der Waals surface area contributed by atoms with Gasteiger partial charge in [-0.2, -0.15) is 4.98 Å². The Morgan fingerprint density at radius 3 is 3.08 bits per heavy atom. The molecule has 1 saturated heterocycles. The molecule has 0 aromatic carbocycles. The number of imidazole rings is 1. The van der Waals surface area contributed by atoms with Crippen molar-refractivity contribution in [1.29, 1.82) is 0 Å². The van der Waals surface area contributed by atoms with Crippen LogP contribution in [0.15, 0.2) is 11.1 Å². The number of aromatic nitrogens is 4. The van der Waals surface area contributed by atoms with Crippen molar-refractivity contribution in [1.82, 2.24) is 19.5 Å². The molecule has 3 heterocycles. The summed E-state index contributed by atoms with van der Waals surface area (Å²) in [6.45, 7) is -1.37. The van der Waals surface area contributed by atoms with Crippen molar-refractivity contribution in [3.05, 3.63) is 16.7 Å². The van der Waals surface area contributed by atoms with Gasteiger partial charge >= 0.3 is 6.72 Å². The molecule has 2 aromatic rings. The molecule has 12 heteroatoms. The van der Waals surface area contributed by atoms with Gasteiger partial charge in [-0.3, -0.25) is 14.3 Å². The third-order valence-electron chi connectivity index (χ3n) is 3.84. The number of aromatic amines is 1. The third-order valence-corrected chi connectivity index (χ3v) is 5.55. The van der Waals surface area contributed by atoms with Crippen molar-refractivity contribution in [2.75, 3.05) is 12.8 Å². The van der Waals surface area contributed by atoms with Crippen LogP contribution in [-0.4, -0.2) is 43.7 Å². The summed E-state index contributed by atoms with van der Waals surface area (Å²) in [5, 5.41) is 0. The molecule has 0 saturated carbocycles. The van der Waals surface area contributed by atoms with Crippen molar-refractivity contribution in [3.8, 4) is 0 Å². The molecule has 3 rings (SSSR count). The van der Waals surface area contributed by atoms with Gasteiger partial charge in [0, 0.05) is 13.5 Å². The normalized spacial score (nSPS) is 26.7. The van der Waals surface area contributed by atoms with E-state index in [1.54, 1.807) is 4.57 Å². The third kappa shape index (κ3) is 3.23. The van der Waals surface area contributed by atoms with Crippen molar-refractivity contribution in [3.63, 3.8) is 0 Å². The molecule has 0 spiro atoms. The van der Waals surface area contributed by atoms with Gasteiger partial charge in [0.2, 0.25) is 5.95 Å². The fourth-order valence-electron chi connectivity index (χ4n) is 2.71. The summed E-state index contributed by atoms with van der Waals surface area (Å²) in [4.78, 5) is 32.3. The Balaban J connectivity index is 1.91. The van der Waals surface area contributed by atoms with Crippen molar-refractivity contribution in [2.24, 2.45) is 0 Å². The first-order chi connectivity index (χ1) is 11.3. The largest absolute Gasteiger partial charge is 0.369 e. The fourth-order valence-corrected chi connectivity index (χ4v) is 3.69. The summed E-state index contributed by atoms with van der Waals surface area (Å²) in [7, 11) is 1.30. The zero-order valence-electron chi connectivity index (χ0n) is 13.1. The maximum Gasteiger partial charge on any atom is 0.324 e. The molecule has 1 fully saturated rings. The van der Waals surface area contributed by atoms with Crippen LogP contribution < -0.4 is 11.3 Å². The molecule has 2 aromatic heterocycles. The lowest BCUT2D eigenvalue weighted by Crippen LogP contribution is -2.22. The van der Waals surface area contributed by atoms with E-state index in [0.717, 1.165) is 0 Å². The summed E-state index contributed by atoms with van der Waals surface area (Å²) < 4.78 is 17.9. The quantitative estimate of drug-likeness (QED) is 0.643. The van der Waals surface area contributed by atoms with Crippen LogP contribution in [0.3, 0.4) is 0 Å². The van der Waals surface area contributed by atoms with E-state index in [1.165, 1.54) is 13.4 Å². The topological polar surface area (TPSA) is 138 Å². The monoisotopic (exact) mass is 375 g/mol. The summed E-state index contributed by atoms with van der Waals surface area (Å²) in [6.07, 6.45) is 1.34. The highest BCUT2D eigenvalue weighted by Gasteiger charge is 2.39. The first-order valence-corrected chi connectivity index (χ1v) is 9.88. The first kappa shape index (κ1) is 17.5. The van der Waals surface area contributed by atoms with E-state index >= 15 is 0 Å². The van der Waals surface area contributed by atoms with Crippen LogP contribution in [0.4, 0.5) is 5.95 Å². The molecule has 0 aliphatic carbocycles. The minimum atomic E-state index is -3.30. The second-order valence-electron chi connectivity index (χ2n) is 5.34. The van der Waals surface area contributed by atoms with Crippen molar-refractivity contribution in [2.45, 2.75) is 38.2 Å². The van der Waals surface area contributed by atoms with E-state index in [1.807, 2.05) is 6.92 Å². The summed E-state index contributed by atoms with van der Waals surface area (Å²) in [5.74, 6) is -0.00247. The zero-order valence-corrected chi connectivity index (χ0v) is 14.8. The van der Waals surface area contributed by atoms with Gasteiger partial charge in [0.15, 0.2) is 11.2 Å². The molecule has 1 aliphatic heterocycles. The molecule has 4 N–H and O–H groups in total. The molecule has 0 radical (unpaired) electrons. The van der Waals surface area contributed by atoms with Crippen LogP contribution in [0.25, 0.3) is 11.2 Å². The molecule has 10 nitrogen and oxygen atoms in total. The van der Waals surface area contributed by atoms with Gasteiger partial charge in [-0.1, -0.05) is 6.92 Å². The molecule has 0 bridgehead atoms. The molecule has 0 amide bonds. The number of hydrogen-bond acceptors (Lipinski definition) is 8. The van der Waals surface area contributed by atoms with Crippen LogP contribution in [0.1, 0.15) is 26.0 Å². The molecular formula is C12H18N5O5PS. The maximum absolute atomic E-state index is 11.9. The van der Waals surface area contributed by atoms with E-state index in [4.69, 9.17) is 31.3 Å². The van der Waals surface area contributed by atoms with Gasteiger partial charge in [-0.15, -0.1) is 0 Å². The van der Waals surface area contributed by atoms with E-state index in [-0.39, 0.29) is 17.6 Å². The highest BCUT2D eigenvalue weighted by molar-refractivity contribution is 8.07. The molecule has 132 valence electrons. The first-order valence-electron chi connectivity index (χ1n) is 7.29. The number of nitrogen functional groups attached to an aromatic ring is 1. The second-order valence-corrected chi connectivity index (χ2v) is 8.24. The fraction of sp³-hybridized carbons (Fsp3) is 0.583. The van der Waals surface area contributed by atoms with Crippen LogP contribution in [0, 0.1) is 0 Å². The zero-order chi connectivity index (χ0) is 17.5. The minimum Gasteiger partial charge on any atom is -0.369 e. The lowest BCUT2D eigenvalue weighted by Gasteiger charge is -2.21. The van der Waals surface area contributed by atoms with E-state index in [9.17, 15) is 9.69 Å². The summed E-state index contributed by atoms with van der Waals surface area (Å²) >= 11 is 4.91. The number of H-pyrrole nitrogens is 1. The van der Waals surface area contributed by atoms with Gasteiger partial charge < -0.3 is 24.4 Å².